The molecule has 8 nitrogen and oxygen atoms in total. The number of H-pyrrole nitrogens is 1. The molecule has 0 aliphatic heterocycles. The fourth-order valence-corrected chi connectivity index (χ4v) is 3.74. The third kappa shape index (κ3) is 4.90. The van der Waals surface area contributed by atoms with Crippen molar-refractivity contribution in [3.05, 3.63) is 68.5 Å². The molecule has 3 aromatic rings. The zero-order chi connectivity index (χ0) is 23.3. The number of benzene rings is 1. The van der Waals surface area contributed by atoms with Crippen LogP contribution in [0.15, 0.2) is 46.0 Å². The number of anilines is 1. The van der Waals surface area contributed by atoms with Gasteiger partial charge in [-0.05, 0) is 44.4 Å². The summed E-state index contributed by atoms with van der Waals surface area (Å²) in [7, 11) is 0. The Hall–Kier alpha value is -3.42. The number of aromatic nitrogens is 3. The van der Waals surface area contributed by atoms with Gasteiger partial charge in [0, 0.05) is 37.6 Å². The number of fused-ring (bicyclic) bond motifs is 1. The highest BCUT2D eigenvalue weighted by Crippen LogP contribution is 2.20. The average Bonchev–Trinajstić information content (AvgIpc) is 2.78. The third-order valence-corrected chi connectivity index (χ3v) is 5.51. The van der Waals surface area contributed by atoms with E-state index < -0.39 is 11.2 Å². The van der Waals surface area contributed by atoms with Gasteiger partial charge in [-0.2, -0.15) is 0 Å². The Bertz CT molecular complexity index is 1200. The third-order valence-electron chi connectivity index (χ3n) is 5.51. The maximum absolute atomic E-state index is 13.1. The van der Waals surface area contributed by atoms with Gasteiger partial charge >= 0.3 is 5.69 Å². The van der Waals surface area contributed by atoms with Gasteiger partial charge in [-0.15, -0.1) is 0 Å². The molecule has 0 radical (unpaired) electrons. The van der Waals surface area contributed by atoms with Crippen molar-refractivity contribution >= 4 is 22.6 Å². The zero-order valence-corrected chi connectivity index (χ0v) is 19.1. The van der Waals surface area contributed by atoms with Gasteiger partial charge in [-0.1, -0.05) is 32.0 Å². The number of nitrogens with one attached hydrogen (secondary N) is 2. The molecule has 3 rings (SSSR count). The lowest BCUT2D eigenvalue weighted by molar-refractivity contribution is 0.0954. The Morgan fingerprint density at radius 2 is 1.91 bits per heavy atom. The summed E-state index contributed by atoms with van der Waals surface area (Å²) in [4.78, 5) is 47.0. The quantitative estimate of drug-likeness (QED) is 0.502. The molecule has 0 atom stereocenters. The maximum atomic E-state index is 13.1. The van der Waals surface area contributed by atoms with E-state index in [1.54, 1.807) is 13.0 Å². The Morgan fingerprint density at radius 3 is 2.53 bits per heavy atom. The first-order valence-electron chi connectivity index (χ1n) is 11.1. The number of aromatic amines is 1. The molecule has 0 aliphatic carbocycles. The van der Waals surface area contributed by atoms with Crippen molar-refractivity contribution in [2.45, 2.75) is 46.6 Å². The summed E-state index contributed by atoms with van der Waals surface area (Å²) < 4.78 is 1.39. The van der Waals surface area contributed by atoms with Crippen LogP contribution in [0.5, 0.6) is 0 Å². The highest BCUT2D eigenvalue weighted by molar-refractivity contribution is 6.05. The summed E-state index contributed by atoms with van der Waals surface area (Å²) in [5.41, 5.74) is 1.19. The van der Waals surface area contributed by atoms with Crippen LogP contribution in [0, 0.1) is 0 Å². The molecule has 0 spiro atoms. The average molecular weight is 438 g/mol. The maximum Gasteiger partial charge on any atom is 0.329 e. The number of para-hydroxylation sites is 1. The van der Waals surface area contributed by atoms with E-state index in [0.717, 1.165) is 25.2 Å². The molecular weight excluding hydrogens is 406 g/mol. The van der Waals surface area contributed by atoms with Crippen molar-refractivity contribution in [3.63, 3.8) is 0 Å². The Labute approximate surface area is 187 Å². The van der Waals surface area contributed by atoms with Crippen molar-refractivity contribution in [1.82, 2.24) is 19.9 Å². The number of carbonyl (C=O) groups is 1. The van der Waals surface area contributed by atoms with Gasteiger partial charge in [0.05, 0.1) is 10.9 Å². The molecule has 2 aromatic heterocycles. The number of nitrogens with zero attached hydrogens (tertiary/aromatic N) is 3. The molecule has 8 heteroatoms. The standard InChI is InChI=1S/C24H31N5O3/c1-5-28(17-11-8-7-9-12-17)14-10-13-25-22(30)18-15-19(16(3)4)26-21-20(18)23(31)27-24(32)29(21)6-2/h7-9,11-12,15-16H,5-6,10,13-14H2,1-4H3,(H,25,30)(H,27,31,32). The van der Waals surface area contributed by atoms with E-state index >= 15 is 0 Å². The first-order valence-corrected chi connectivity index (χ1v) is 11.1. The number of amides is 1. The van der Waals surface area contributed by atoms with E-state index in [9.17, 15) is 14.4 Å². The number of rotatable bonds is 9. The zero-order valence-electron chi connectivity index (χ0n) is 19.1. The number of pyridine rings is 1. The van der Waals surface area contributed by atoms with Crippen LogP contribution in [0.3, 0.4) is 0 Å². The van der Waals surface area contributed by atoms with Crippen LogP contribution in [0.2, 0.25) is 0 Å². The Kier molecular flexibility index (Phi) is 7.45. The van der Waals surface area contributed by atoms with Crippen molar-refractivity contribution in [3.8, 4) is 0 Å². The Balaban J connectivity index is 1.83. The summed E-state index contributed by atoms with van der Waals surface area (Å²) in [5, 5.41) is 3.08. The lowest BCUT2D eigenvalue weighted by atomic mass is 10.0. The second kappa shape index (κ2) is 10.3. The molecular formula is C24H31N5O3. The minimum atomic E-state index is -0.594. The topological polar surface area (TPSA) is 100 Å². The molecule has 1 amide bonds. The number of hydrogen-bond donors (Lipinski definition) is 2. The molecule has 0 unspecified atom stereocenters. The number of hydrogen-bond acceptors (Lipinski definition) is 5. The Morgan fingerprint density at radius 1 is 1.19 bits per heavy atom. The molecule has 2 heterocycles. The predicted molar refractivity (Wildman–Crippen MR) is 128 cm³/mol. The van der Waals surface area contributed by atoms with Crippen molar-refractivity contribution < 1.29 is 4.79 Å². The van der Waals surface area contributed by atoms with Crippen molar-refractivity contribution in [2.24, 2.45) is 0 Å². The molecule has 0 saturated heterocycles. The van der Waals surface area contributed by atoms with Crippen LogP contribution in [0.25, 0.3) is 11.0 Å². The van der Waals surface area contributed by atoms with E-state index in [1.165, 1.54) is 4.57 Å². The molecule has 170 valence electrons. The molecule has 0 fully saturated rings. The van der Waals surface area contributed by atoms with Gasteiger partial charge in [-0.25, -0.2) is 9.78 Å². The molecule has 32 heavy (non-hydrogen) atoms. The van der Waals surface area contributed by atoms with Gasteiger partial charge in [0.15, 0.2) is 5.65 Å². The monoisotopic (exact) mass is 437 g/mol. The molecule has 2 N–H and O–H groups in total. The van der Waals surface area contributed by atoms with E-state index in [1.807, 2.05) is 32.0 Å². The summed E-state index contributed by atoms with van der Waals surface area (Å²) in [6.07, 6.45) is 0.755. The lowest BCUT2D eigenvalue weighted by Crippen LogP contribution is -2.34. The first kappa shape index (κ1) is 23.2. The molecule has 0 bridgehead atoms. The second-order valence-electron chi connectivity index (χ2n) is 7.98. The fourth-order valence-electron chi connectivity index (χ4n) is 3.74. The van der Waals surface area contributed by atoms with E-state index in [0.29, 0.717) is 18.8 Å². The highest BCUT2D eigenvalue weighted by atomic mass is 16.2. The second-order valence-corrected chi connectivity index (χ2v) is 7.98. The van der Waals surface area contributed by atoms with E-state index in [4.69, 9.17) is 0 Å². The van der Waals surface area contributed by atoms with E-state index in [-0.39, 0.29) is 28.4 Å². The SMILES string of the molecule is CCN(CCCNC(=O)c1cc(C(C)C)nc2c1c(=O)[nH]c(=O)n2CC)c1ccccc1. The molecule has 0 aliphatic rings. The van der Waals surface area contributed by atoms with Gasteiger partial charge in [0.1, 0.15) is 0 Å². The summed E-state index contributed by atoms with van der Waals surface area (Å²) in [6.45, 7) is 10.3. The van der Waals surface area contributed by atoms with Crippen LogP contribution in [0.1, 0.15) is 56.1 Å². The van der Waals surface area contributed by atoms with Gasteiger partial charge in [0.2, 0.25) is 0 Å². The fraction of sp³-hybridized carbons (Fsp3) is 0.417. The van der Waals surface area contributed by atoms with Crippen LogP contribution >= 0.6 is 0 Å². The normalized spacial score (nSPS) is 11.2. The summed E-state index contributed by atoms with van der Waals surface area (Å²) in [6, 6.07) is 11.8. The van der Waals surface area contributed by atoms with E-state index in [2.05, 4.69) is 39.2 Å². The van der Waals surface area contributed by atoms with Crippen molar-refractivity contribution in [1.29, 1.82) is 0 Å². The van der Waals surface area contributed by atoms with Gasteiger partial charge in [-0.3, -0.25) is 19.1 Å². The molecule has 1 aromatic carbocycles. The largest absolute Gasteiger partial charge is 0.372 e. The first-order chi connectivity index (χ1) is 15.4. The van der Waals surface area contributed by atoms with Crippen LogP contribution in [0.4, 0.5) is 5.69 Å². The van der Waals surface area contributed by atoms with Crippen LogP contribution < -0.4 is 21.5 Å². The predicted octanol–water partition coefficient (Wildman–Crippen LogP) is 2.87. The summed E-state index contributed by atoms with van der Waals surface area (Å²) >= 11 is 0. The smallest absolute Gasteiger partial charge is 0.329 e. The highest BCUT2D eigenvalue weighted by Gasteiger charge is 2.20. The van der Waals surface area contributed by atoms with Gasteiger partial charge in [0.25, 0.3) is 11.5 Å². The van der Waals surface area contributed by atoms with Gasteiger partial charge < -0.3 is 10.2 Å². The van der Waals surface area contributed by atoms with Crippen molar-refractivity contribution in [2.75, 3.05) is 24.5 Å². The lowest BCUT2D eigenvalue weighted by Gasteiger charge is -2.23. The van der Waals surface area contributed by atoms with Crippen LogP contribution in [-0.4, -0.2) is 40.1 Å². The van der Waals surface area contributed by atoms with Crippen LogP contribution in [-0.2, 0) is 6.54 Å². The molecule has 0 saturated carbocycles. The number of carbonyl (C=O) groups excluding carboxylic acids is 1. The number of aryl methyl sites for hydroxylation is 1. The minimum Gasteiger partial charge on any atom is -0.372 e. The summed E-state index contributed by atoms with van der Waals surface area (Å²) in [5.74, 6) is -0.302. The minimum absolute atomic E-state index is 0.0367.